The normalized spacial score (nSPS) is 20.4. The van der Waals surface area contributed by atoms with Gasteiger partial charge in [0.1, 0.15) is 5.82 Å². The van der Waals surface area contributed by atoms with Crippen molar-refractivity contribution in [3.8, 4) is 0 Å². The van der Waals surface area contributed by atoms with E-state index in [9.17, 15) is 22.8 Å². The largest absolute Gasteiger partial charge is 0.393 e. The Morgan fingerprint density at radius 2 is 1.97 bits per heavy atom. The molecule has 180 valence electrons. The maximum Gasteiger partial charge on any atom is 0.393 e. The molecule has 5 rings (SSSR count). The molecular weight excluding hydrogens is 445 g/mol. The molecule has 1 aromatic carbocycles. The topological polar surface area (TPSA) is 56.8 Å². The van der Waals surface area contributed by atoms with Gasteiger partial charge in [0.15, 0.2) is 0 Å². The van der Waals surface area contributed by atoms with E-state index in [-0.39, 0.29) is 18.9 Å². The molecule has 0 spiro atoms. The van der Waals surface area contributed by atoms with Gasteiger partial charge in [-0.1, -0.05) is 0 Å². The number of hydrogen-bond acceptors (Lipinski definition) is 4. The highest BCUT2D eigenvalue weighted by Gasteiger charge is 2.43. The standard InChI is InChI=1S/C25H27F3N4O2/c1-2-30-14-18-12-20(7-8-21(18)24(30)34)32-10-3-5-16-11-17(13-29-22(16)32)23(33)31-9-4-6-19(15-31)25(26,27)28/h7-8,11-13,19H,2-6,9-10,14-15H2,1H3/t19-/m1/s1. The fourth-order valence-electron chi connectivity index (χ4n) is 5.23. The van der Waals surface area contributed by atoms with Gasteiger partial charge in [0.05, 0.1) is 11.5 Å². The molecule has 1 saturated heterocycles. The molecule has 34 heavy (non-hydrogen) atoms. The van der Waals surface area contributed by atoms with Crippen molar-refractivity contribution in [2.75, 3.05) is 31.1 Å². The smallest absolute Gasteiger partial charge is 0.338 e. The molecule has 1 atom stereocenters. The van der Waals surface area contributed by atoms with Crippen LogP contribution >= 0.6 is 0 Å². The molecule has 6 nitrogen and oxygen atoms in total. The molecule has 0 saturated carbocycles. The number of rotatable bonds is 3. The highest BCUT2D eigenvalue weighted by atomic mass is 19.4. The van der Waals surface area contributed by atoms with Crippen LogP contribution in [0, 0.1) is 5.92 Å². The van der Waals surface area contributed by atoms with Crippen LogP contribution < -0.4 is 4.90 Å². The van der Waals surface area contributed by atoms with Crippen LogP contribution in [0.4, 0.5) is 24.7 Å². The lowest BCUT2D eigenvalue weighted by molar-refractivity contribution is -0.184. The Balaban J connectivity index is 1.38. The SMILES string of the molecule is CCN1Cc2cc(N3CCCc4cc(C(=O)N5CCC[C@@H](C(F)(F)F)C5)cnc43)ccc2C1=O. The van der Waals surface area contributed by atoms with Crippen molar-refractivity contribution in [1.29, 1.82) is 0 Å². The predicted octanol–water partition coefficient (Wildman–Crippen LogP) is 4.56. The molecule has 2 aromatic rings. The average molecular weight is 473 g/mol. The molecule has 0 radical (unpaired) electrons. The molecule has 2 amide bonds. The van der Waals surface area contributed by atoms with E-state index in [0.29, 0.717) is 31.6 Å². The van der Waals surface area contributed by atoms with Crippen molar-refractivity contribution in [2.45, 2.75) is 45.3 Å². The number of likely N-dealkylation sites (tertiary alicyclic amines) is 1. The van der Waals surface area contributed by atoms with E-state index >= 15 is 0 Å². The van der Waals surface area contributed by atoms with Crippen molar-refractivity contribution in [3.63, 3.8) is 0 Å². The van der Waals surface area contributed by atoms with Gasteiger partial charge < -0.3 is 14.7 Å². The number of aromatic nitrogens is 1. The second-order valence-corrected chi connectivity index (χ2v) is 9.25. The first-order valence-electron chi connectivity index (χ1n) is 11.8. The van der Waals surface area contributed by atoms with Gasteiger partial charge in [-0.2, -0.15) is 13.2 Å². The van der Waals surface area contributed by atoms with Crippen LogP contribution in [0.25, 0.3) is 0 Å². The van der Waals surface area contributed by atoms with Crippen LogP contribution in [0.2, 0.25) is 0 Å². The molecule has 3 aliphatic rings. The maximum atomic E-state index is 13.2. The molecule has 9 heteroatoms. The third-order valence-corrected chi connectivity index (χ3v) is 7.11. The lowest BCUT2D eigenvalue weighted by Crippen LogP contribution is -2.44. The Hall–Kier alpha value is -3.10. The first-order valence-corrected chi connectivity index (χ1v) is 11.8. The first kappa shape index (κ1) is 22.7. The third-order valence-electron chi connectivity index (χ3n) is 7.11. The Bertz CT molecular complexity index is 1130. The van der Waals surface area contributed by atoms with E-state index < -0.39 is 18.0 Å². The number of fused-ring (bicyclic) bond motifs is 2. The number of alkyl halides is 3. The van der Waals surface area contributed by atoms with Crippen molar-refractivity contribution in [1.82, 2.24) is 14.8 Å². The van der Waals surface area contributed by atoms with Crippen LogP contribution in [-0.2, 0) is 13.0 Å². The third kappa shape index (κ3) is 4.01. The summed E-state index contributed by atoms with van der Waals surface area (Å²) in [7, 11) is 0. The lowest BCUT2D eigenvalue weighted by Gasteiger charge is -2.34. The van der Waals surface area contributed by atoms with Gasteiger partial charge in [-0.05, 0) is 68.0 Å². The molecule has 0 bridgehead atoms. The second kappa shape index (κ2) is 8.60. The fourth-order valence-corrected chi connectivity index (χ4v) is 5.23. The summed E-state index contributed by atoms with van der Waals surface area (Å²) in [5.74, 6) is -1.06. The van der Waals surface area contributed by atoms with E-state index in [4.69, 9.17) is 0 Å². The minimum absolute atomic E-state index is 0.0508. The summed E-state index contributed by atoms with van der Waals surface area (Å²) < 4.78 is 39.5. The minimum atomic E-state index is -4.29. The van der Waals surface area contributed by atoms with Gasteiger partial charge in [0, 0.05) is 50.2 Å². The van der Waals surface area contributed by atoms with Crippen molar-refractivity contribution in [2.24, 2.45) is 5.92 Å². The summed E-state index contributed by atoms with van der Waals surface area (Å²) in [4.78, 5) is 35.2. The number of pyridine rings is 1. The van der Waals surface area contributed by atoms with Crippen molar-refractivity contribution >= 4 is 23.3 Å². The van der Waals surface area contributed by atoms with Crippen molar-refractivity contribution < 1.29 is 22.8 Å². The Morgan fingerprint density at radius 3 is 2.74 bits per heavy atom. The summed E-state index contributed by atoms with van der Waals surface area (Å²) in [6.45, 7) is 4.01. The quantitative estimate of drug-likeness (QED) is 0.658. The average Bonchev–Trinajstić information content (AvgIpc) is 3.17. The maximum absolute atomic E-state index is 13.2. The van der Waals surface area contributed by atoms with Crippen molar-refractivity contribution in [3.05, 3.63) is 52.7 Å². The zero-order valence-electron chi connectivity index (χ0n) is 19.1. The van der Waals surface area contributed by atoms with Crippen LogP contribution in [-0.4, -0.2) is 59.0 Å². The fraction of sp³-hybridized carbons (Fsp3) is 0.480. The number of aryl methyl sites for hydroxylation is 1. The number of nitrogens with zero attached hydrogens (tertiary/aromatic N) is 4. The molecule has 0 unspecified atom stereocenters. The van der Waals surface area contributed by atoms with Crippen LogP contribution in [0.1, 0.15) is 58.0 Å². The van der Waals surface area contributed by atoms with Gasteiger partial charge in [-0.25, -0.2) is 4.98 Å². The molecule has 0 N–H and O–H groups in total. The number of halogens is 3. The van der Waals surface area contributed by atoms with Crippen LogP contribution in [0.5, 0.6) is 0 Å². The van der Waals surface area contributed by atoms with Gasteiger partial charge in [0.2, 0.25) is 0 Å². The summed E-state index contributed by atoms with van der Waals surface area (Å²) in [5, 5.41) is 0. The molecular formula is C25H27F3N4O2. The summed E-state index contributed by atoms with van der Waals surface area (Å²) in [6.07, 6.45) is -0.790. The number of hydrogen-bond donors (Lipinski definition) is 0. The number of carbonyl (C=O) groups excluding carboxylic acids is 2. The van der Waals surface area contributed by atoms with E-state index in [1.54, 1.807) is 11.0 Å². The van der Waals surface area contributed by atoms with Gasteiger partial charge in [0.25, 0.3) is 11.8 Å². The number of piperidine rings is 1. The Kier molecular flexibility index (Phi) is 5.73. The van der Waals surface area contributed by atoms with Crippen LogP contribution in [0.3, 0.4) is 0 Å². The van der Waals surface area contributed by atoms with E-state index in [0.717, 1.165) is 47.6 Å². The molecule has 0 aliphatic carbocycles. The summed E-state index contributed by atoms with van der Waals surface area (Å²) in [6, 6.07) is 7.60. The van der Waals surface area contributed by atoms with Gasteiger partial charge >= 0.3 is 6.18 Å². The van der Waals surface area contributed by atoms with E-state index in [2.05, 4.69) is 9.88 Å². The Morgan fingerprint density at radius 1 is 1.15 bits per heavy atom. The number of carbonyl (C=O) groups is 2. The molecule has 4 heterocycles. The molecule has 1 fully saturated rings. The zero-order valence-corrected chi connectivity index (χ0v) is 19.1. The highest BCUT2D eigenvalue weighted by molar-refractivity contribution is 5.99. The summed E-state index contributed by atoms with van der Waals surface area (Å²) >= 11 is 0. The first-order chi connectivity index (χ1) is 16.3. The number of anilines is 2. The Labute approximate surface area is 196 Å². The highest BCUT2D eigenvalue weighted by Crippen LogP contribution is 2.36. The predicted molar refractivity (Wildman–Crippen MR) is 121 cm³/mol. The zero-order chi connectivity index (χ0) is 24.0. The second-order valence-electron chi connectivity index (χ2n) is 9.25. The van der Waals surface area contributed by atoms with Gasteiger partial charge in [-0.3, -0.25) is 9.59 Å². The number of benzene rings is 1. The van der Waals surface area contributed by atoms with E-state index in [1.165, 1.54) is 11.1 Å². The molecule has 3 aliphatic heterocycles. The summed E-state index contributed by atoms with van der Waals surface area (Å²) in [5.41, 5.74) is 3.92. The monoisotopic (exact) mass is 472 g/mol. The minimum Gasteiger partial charge on any atom is -0.338 e. The molecule has 1 aromatic heterocycles. The van der Waals surface area contributed by atoms with Gasteiger partial charge in [-0.15, -0.1) is 0 Å². The number of amides is 2. The van der Waals surface area contributed by atoms with Crippen LogP contribution in [0.15, 0.2) is 30.5 Å². The van der Waals surface area contributed by atoms with E-state index in [1.807, 2.05) is 25.1 Å². The lowest BCUT2D eigenvalue weighted by atomic mass is 9.96.